The maximum absolute atomic E-state index is 12.5. The van der Waals surface area contributed by atoms with Crippen LogP contribution in [0.5, 0.6) is 0 Å². The maximum atomic E-state index is 12.5. The molecule has 2 fully saturated rings. The predicted octanol–water partition coefficient (Wildman–Crippen LogP) is 1.67. The summed E-state index contributed by atoms with van der Waals surface area (Å²) in [6, 6.07) is 3.24. The predicted molar refractivity (Wildman–Crippen MR) is 107 cm³/mol. The lowest BCUT2D eigenvalue weighted by atomic mass is 10.1. The van der Waals surface area contributed by atoms with Crippen LogP contribution in [0.4, 0.5) is 4.79 Å². The highest BCUT2D eigenvalue weighted by Gasteiger charge is 2.32. The van der Waals surface area contributed by atoms with E-state index in [1.807, 2.05) is 26.0 Å². The molecule has 3 amide bonds. The average molecular weight is 414 g/mol. The van der Waals surface area contributed by atoms with Crippen LogP contribution in [0.3, 0.4) is 0 Å². The van der Waals surface area contributed by atoms with Gasteiger partial charge in [0.1, 0.15) is 11.6 Å². The quantitative estimate of drug-likeness (QED) is 0.430. The van der Waals surface area contributed by atoms with Crippen molar-refractivity contribution in [3.8, 4) is 6.07 Å². The van der Waals surface area contributed by atoms with Crippen LogP contribution in [0.2, 0.25) is 0 Å². The van der Waals surface area contributed by atoms with Gasteiger partial charge in [-0.1, -0.05) is 0 Å². The Morgan fingerprint density at radius 2 is 2.23 bits per heavy atom. The Morgan fingerprint density at radius 3 is 2.83 bits per heavy atom. The fourth-order valence-corrected chi connectivity index (χ4v) is 3.71. The van der Waals surface area contributed by atoms with Crippen molar-refractivity contribution in [3.63, 3.8) is 0 Å². The number of amides is 3. The van der Waals surface area contributed by atoms with Crippen LogP contribution in [-0.4, -0.2) is 59.3 Å². The van der Waals surface area contributed by atoms with Gasteiger partial charge in [-0.15, -0.1) is 0 Å². The van der Waals surface area contributed by atoms with Gasteiger partial charge < -0.3 is 19.4 Å². The molecule has 2 aliphatic heterocycles. The van der Waals surface area contributed by atoms with Crippen molar-refractivity contribution >= 4 is 24.0 Å². The largest absolute Gasteiger partial charge is 0.448 e. The first-order valence-corrected chi connectivity index (χ1v) is 10.0. The number of nitrogens with one attached hydrogen (secondary N) is 1. The molecule has 0 aromatic carbocycles. The number of ether oxygens (including phenoxy) is 2. The molecule has 2 aliphatic rings. The van der Waals surface area contributed by atoms with E-state index < -0.39 is 24.0 Å². The molecule has 3 heterocycles. The first-order chi connectivity index (χ1) is 14.3. The molecule has 1 aromatic rings. The standard InChI is InChI=1S/C21H26N4O5/c1-13-9-16(14(2)25(13)12-18-5-4-8-29-18)10-17(11-22)20(27)30-15(3)19(26)24-7-6-23-21(24)28/h9-10,15,18H,4-8,12H2,1-3H3,(H,23,28)/b17-10+/t15-,18-/m1/s1. The number of hydrogen-bond donors (Lipinski definition) is 1. The number of urea groups is 1. The van der Waals surface area contributed by atoms with Gasteiger partial charge >= 0.3 is 12.0 Å². The van der Waals surface area contributed by atoms with Crippen molar-refractivity contribution in [1.82, 2.24) is 14.8 Å². The van der Waals surface area contributed by atoms with Gasteiger partial charge in [-0.2, -0.15) is 5.26 Å². The van der Waals surface area contributed by atoms with Crippen molar-refractivity contribution in [3.05, 3.63) is 28.6 Å². The summed E-state index contributed by atoms with van der Waals surface area (Å²) in [4.78, 5) is 37.4. The third-order valence-electron chi connectivity index (χ3n) is 5.42. The molecule has 9 nitrogen and oxygen atoms in total. The van der Waals surface area contributed by atoms with Crippen molar-refractivity contribution in [2.75, 3.05) is 19.7 Å². The van der Waals surface area contributed by atoms with E-state index in [2.05, 4.69) is 9.88 Å². The minimum atomic E-state index is -1.18. The fourth-order valence-electron chi connectivity index (χ4n) is 3.71. The summed E-state index contributed by atoms with van der Waals surface area (Å²) in [5.41, 5.74) is 2.44. The number of carbonyl (C=O) groups is 3. The zero-order valence-electron chi connectivity index (χ0n) is 17.4. The zero-order valence-corrected chi connectivity index (χ0v) is 17.4. The van der Waals surface area contributed by atoms with Crippen molar-refractivity contribution in [2.45, 2.75) is 52.4 Å². The van der Waals surface area contributed by atoms with E-state index in [9.17, 15) is 19.6 Å². The van der Waals surface area contributed by atoms with E-state index in [-0.39, 0.29) is 18.2 Å². The SMILES string of the molecule is Cc1cc(/C=C(\C#N)C(=O)O[C@H](C)C(=O)N2CCNC2=O)c(C)n1C[C@H]1CCCO1. The molecule has 1 N–H and O–H groups in total. The highest BCUT2D eigenvalue weighted by molar-refractivity contribution is 6.02. The molecule has 9 heteroatoms. The molecule has 0 spiro atoms. The Balaban J connectivity index is 1.71. The summed E-state index contributed by atoms with van der Waals surface area (Å²) >= 11 is 0. The van der Waals surface area contributed by atoms with E-state index in [0.29, 0.717) is 6.54 Å². The molecule has 0 unspecified atom stereocenters. The summed E-state index contributed by atoms with van der Waals surface area (Å²) in [7, 11) is 0. The first-order valence-electron chi connectivity index (χ1n) is 10.0. The number of nitriles is 1. The van der Waals surface area contributed by atoms with E-state index >= 15 is 0 Å². The number of hydrogen-bond acceptors (Lipinski definition) is 6. The molecule has 2 saturated heterocycles. The monoisotopic (exact) mass is 414 g/mol. The van der Waals surface area contributed by atoms with E-state index in [1.54, 1.807) is 0 Å². The number of rotatable bonds is 6. The smallest absolute Gasteiger partial charge is 0.349 e. The molecule has 0 bridgehead atoms. The Labute approximate surface area is 175 Å². The van der Waals surface area contributed by atoms with Gasteiger partial charge in [-0.05, 0) is 51.3 Å². The topological polar surface area (TPSA) is 114 Å². The molecule has 160 valence electrons. The van der Waals surface area contributed by atoms with Crippen molar-refractivity contribution in [2.24, 2.45) is 0 Å². The van der Waals surface area contributed by atoms with E-state index in [4.69, 9.17) is 9.47 Å². The van der Waals surface area contributed by atoms with Crippen LogP contribution in [0.15, 0.2) is 11.6 Å². The second-order valence-corrected chi connectivity index (χ2v) is 7.51. The third-order valence-corrected chi connectivity index (χ3v) is 5.42. The number of esters is 1. The summed E-state index contributed by atoms with van der Waals surface area (Å²) < 4.78 is 13.0. The molecule has 0 saturated carbocycles. The summed E-state index contributed by atoms with van der Waals surface area (Å²) in [6.45, 7) is 7.35. The molecule has 0 radical (unpaired) electrons. The fraction of sp³-hybridized carbons (Fsp3) is 0.524. The normalized spacial score (nSPS) is 20.1. The summed E-state index contributed by atoms with van der Waals surface area (Å²) in [5.74, 6) is -1.52. The summed E-state index contributed by atoms with van der Waals surface area (Å²) in [5, 5.41) is 12.0. The lowest BCUT2D eigenvalue weighted by Gasteiger charge is -2.17. The zero-order chi connectivity index (χ0) is 21.8. The van der Waals surface area contributed by atoms with E-state index in [1.165, 1.54) is 13.0 Å². The lowest BCUT2D eigenvalue weighted by Crippen LogP contribution is -2.41. The Bertz CT molecular complexity index is 921. The molecule has 2 atom stereocenters. The van der Waals surface area contributed by atoms with E-state index in [0.717, 1.165) is 47.8 Å². The third kappa shape index (κ3) is 4.54. The van der Waals surface area contributed by atoms with Gasteiger partial charge in [0.2, 0.25) is 0 Å². The van der Waals surface area contributed by atoms with Crippen LogP contribution in [0.25, 0.3) is 6.08 Å². The van der Waals surface area contributed by atoms with Crippen LogP contribution in [0, 0.1) is 25.2 Å². The Hall–Kier alpha value is -3.12. The van der Waals surface area contributed by atoms with Crippen LogP contribution in [0.1, 0.15) is 36.7 Å². The summed E-state index contributed by atoms with van der Waals surface area (Å²) in [6.07, 6.45) is 2.53. The number of aromatic nitrogens is 1. The molecular formula is C21H26N4O5. The van der Waals surface area contributed by atoms with Gasteiger partial charge in [-0.25, -0.2) is 9.59 Å². The molecular weight excluding hydrogens is 388 g/mol. The van der Waals surface area contributed by atoms with Crippen molar-refractivity contribution in [1.29, 1.82) is 5.26 Å². The maximum Gasteiger partial charge on any atom is 0.349 e. The second-order valence-electron chi connectivity index (χ2n) is 7.51. The molecule has 3 rings (SSSR count). The highest BCUT2D eigenvalue weighted by atomic mass is 16.5. The number of aryl methyl sites for hydroxylation is 1. The van der Waals surface area contributed by atoms with Gasteiger partial charge in [0.25, 0.3) is 5.91 Å². The highest BCUT2D eigenvalue weighted by Crippen LogP contribution is 2.22. The van der Waals surface area contributed by atoms with Gasteiger partial charge in [-0.3, -0.25) is 9.69 Å². The van der Waals surface area contributed by atoms with Gasteiger partial charge in [0, 0.05) is 37.6 Å². The average Bonchev–Trinajstić information content (AvgIpc) is 3.43. The Kier molecular flexibility index (Phi) is 6.57. The molecule has 30 heavy (non-hydrogen) atoms. The number of imide groups is 1. The molecule has 1 aromatic heterocycles. The number of carbonyl (C=O) groups excluding carboxylic acids is 3. The van der Waals surface area contributed by atoms with Crippen LogP contribution < -0.4 is 5.32 Å². The van der Waals surface area contributed by atoms with Crippen LogP contribution >= 0.6 is 0 Å². The van der Waals surface area contributed by atoms with Crippen molar-refractivity contribution < 1.29 is 23.9 Å². The number of nitrogens with zero attached hydrogens (tertiary/aromatic N) is 3. The molecule has 0 aliphatic carbocycles. The minimum Gasteiger partial charge on any atom is -0.448 e. The van der Waals surface area contributed by atoms with Gasteiger partial charge in [0.15, 0.2) is 6.10 Å². The van der Waals surface area contributed by atoms with Gasteiger partial charge in [0.05, 0.1) is 6.10 Å². The Morgan fingerprint density at radius 1 is 1.47 bits per heavy atom. The lowest BCUT2D eigenvalue weighted by molar-refractivity contribution is -0.153. The van der Waals surface area contributed by atoms with Crippen LogP contribution in [-0.2, 0) is 25.6 Å². The first kappa shape index (κ1) is 21.6. The minimum absolute atomic E-state index is 0.168. The second kappa shape index (κ2) is 9.13.